The molecule has 0 spiro atoms. The highest BCUT2D eigenvalue weighted by molar-refractivity contribution is 8.18. The number of ether oxygens (including phenoxy) is 2. The standard InChI is InChI=1S/C33H30F6N4O4S/c1-41(24-6-4-3-5-7-24)29(44)19-42-12-14-43(15-13-42)31-40-30(45)28(48-31)17-21-8-11-26(27(16-21)46-2)47-20-22-9-10-23(32(34,35)36)18-25(22)33(37,38)39/h3-11,16-18H,12-15,19-20H2,1-2H3. The van der Waals surface area contributed by atoms with E-state index >= 15 is 0 Å². The summed E-state index contributed by atoms with van der Waals surface area (Å²) >= 11 is 1.20. The van der Waals surface area contributed by atoms with E-state index in [4.69, 9.17) is 9.47 Å². The number of nitrogens with zero attached hydrogens (tertiary/aromatic N) is 4. The fourth-order valence-electron chi connectivity index (χ4n) is 5.07. The number of halogens is 6. The molecular weight excluding hydrogens is 662 g/mol. The van der Waals surface area contributed by atoms with Crippen molar-refractivity contribution in [2.75, 3.05) is 51.8 Å². The van der Waals surface area contributed by atoms with Crippen LogP contribution in [0.4, 0.5) is 32.0 Å². The number of aliphatic imine (C=N–C) groups is 1. The number of piperazine rings is 1. The predicted molar refractivity (Wildman–Crippen MR) is 170 cm³/mol. The molecule has 1 fully saturated rings. The summed E-state index contributed by atoms with van der Waals surface area (Å²) in [7, 11) is 3.06. The number of rotatable bonds is 8. The monoisotopic (exact) mass is 692 g/mol. The SMILES string of the molecule is COc1cc(C=C2SC(N3CCN(CC(=O)N(C)c4ccccc4)CC3)=NC2=O)ccc1OCc1ccc(C(F)(F)F)cc1C(F)(F)F. The number of alkyl halides is 6. The van der Waals surface area contributed by atoms with Gasteiger partial charge < -0.3 is 19.3 Å². The van der Waals surface area contributed by atoms with Gasteiger partial charge in [-0.15, -0.1) is 0 Å². The van der Waals surface area contributed by atoms with Crippen LogP contribution in [-0.2, 0) is 28.5 Å². The van der Waals surface area contributed by atoms with Crippen LogP contribution in [-0.4, -0.2) is 73.7 Å². The highest BCUT2D eigenvalue weighted by Crippen LogP contribution is 2.39. The molecule has 0 N–H and O–H groups in total. The maximum Gasteiger partial charge on any atom is 0.416 e. The van der Waals surface area contributed by atoms with Gasteiger partial charge in [0, 0.05) is 44.5 Å². The molecule has 0 atom stereocenters. The Kier molecular flexibility index (Phi) is 10.4. The molecule has 0 unspecified atom stereocenters. The molecule has 0 saturated carbocycles. The van der Waals surface area contributed by atoms with E-state index < -0.39 is 41.6 Å². The predicted octanol–water partition coefficient (Wildman–Crippen LogP) is 6.56. The zero-order valence-electron chi connectivity index (χ0n) is 25.8. The average Bonchev–Trinajstić information content (AvgIpc) is 3.42. The van der Waals surface area contributed by atoms with Crippen molar-refractivity contribution in [1.29, 1.82) is 0 Å². The highest BCUT2D eigenvalue weighted by atomic mass is 32.2. The van der Waals surface area contributed by atoms with Crippen LogP contribution < -0.4 is 14.4 Å². The van der Waals surface area contributed by atoms with Gasteiger partial charge >= 0.3 is 12.4 Å². The quantitative estimate of drug-likeness (QED) is 0.196. The van der Waals surface area contributed by atoms with Crippen molar-refractivity contribution in [2.45, 2.75) is 19.0 Å². The Morgan fingerprint density at radius 2 is 1.65 bits per heavy atom. The topological polar surface area (TPSA) is 74.7 Å². The Morgan fingerprint density at radius 1 is 0.938 bits per heavy atom. The number of benzene rings is 3. The van der Waals surface area contributed by atoms with Gasteiger partial charge in [-0.2, -0.15) is 31.3 Å². The molecule has 48 heavy (non-hydrogen) atoms. The van der Waals surface area contributed by atoms with Crippen LogP contribution in [0.25, 0.3) is 6.08 Å². The van der Waals surface area contributed by atoms with Gasteiger partial charge in [-0.3, -0.25) is 14.5 Å². The van der Waals surface area contributed by atoms with Gasteiger partial charge in [0.2, 0.25) is 5.91 Å². The smallest absolute Gasteiger partial charge is 0.416 e. The third-order valence-electron chi connectivity index (χ3n) is 7.74. The number of hydrogen-bond donors (Lipinski definition) is 0. The van der Waals surface area contributed by atoms with Gasteiger partial charge in [-0.05, 0) is 59.8 Å². The van der Waals surface area contributed by atoms with Gasteiger partial charge in [-0.1, -0.05) is 30.3 Å². The first-order chi connectivity index (χ1) is 22.7. The Balaban J connectivity index is 1.19. The summed E-state index contributed by atoms with van der Waals surface area (Å²) in [4.78, 5) is 35.7. The highest BCUT2D eigenvalue weighted by Gasteiger charge is 2.38. The summed E-state index contributed by atoms with van der Waals surface area (Å²) in [6, 6.07) is 15.3. The van der Waals surface area contributed by atoms with Crippen LogP contribution in [0.5, 0.6) is 11.5 Å². The molecule has 2 aliphatic heterocycles. The zero-order chi connectivity index (χ0) is 34.6. The number of carbonyl (C=O) groups excluding carboxylic acids is 2. The van der Waals surface area contributed by atoms with E-state index in [1.54, 1.807) is 24.1 Å². The Labute approximate surface area is 276 Å². The third kappa shape index (κ3) is 8.31. The molecule has 0 radical (unpaired) electrons. The number of likely N-dealkylation sites (N-methyl/N-ethyl adjacent to an activating group) is 1. The maximum atomic E-state index is 13.5. The molecule has 1 saturated heterocycles. The Bertz CT molecular complexity index is 1720. The van der Waals surface area contributed by atoms with E-state index in [0.29, 0.717) is 47.9 Å². The third-order valence-corrected chi connectivity index (χ3v) is 8.78. The number of amides is 2. The molecule has 254 valence electrons. The molecule has 2 amide bonds. The summed E-state index contributed by atoms with van der Waals surface area (Å²) in [5, 5.41) is 0.544. The fourth-order valence-corrected chi connectivity index (χ4v) is 6.03. The lowest BCUT2D eigenvalue weighted by molar-refractivity contribution is -0.143. The molecule has 15 heteroatoms. The number of methoxy groups -OCH3 is 1. The number of para-hydroxylation sites is 1. The molecule has 3 aromatic rings. The molecule has 0 aliphatic carbocycles. The zero-order valence-corrected chi connectivity index (χ0v) is 26.6. The van der Waals surface area contributed by atoms with Crippen LogP contribution in [0, 0.1) is 0 Å². The van der Waals surface area contributed by atoms with Crippen LogP contribution >= 0.6 is 11.8 Å². The average molecular weight is 693 g/mol. The lowest BCUT2D eigenvalue weighted by Crippen LogP contribution is -2.50. The second-order valence-corrected chi connectivity index (χ2v) is 11.9. The number of carbonyl (C=O) groups is 2. The summed E-state index contributed by atoms with van der Waals surface area (Å²) < 4.78 is 90.5. The molecular formula is C33H30F6N4O4S. The fraction of sp³-hybridized carbons (Fsp3) is 0.303. The summed E-state index contributed by atoms with van der Waals surface area (Å²) in [6.45, 7) is 1.96. The minimum Gasteiger partial charge on any atom is -0.493 e. The summed E-state index contributed by atoms with van der Waals surface area (Å²) in [5.41, 5.74) is -2.00. The van der Waals surface area contributed by atoms with Crippen molar-refractivity contribution in [3.05, 3.63) is 93.9 Å². The summed E-state index contributed by atoms with van der Waals surface area (Å²) in [6.07, 6.45) is -8.37. The second kappa shape index (κ2) is 14.3. The molecule has 2 heterocycles. The van der Waals surface area contributed by atoms with Crippen molar-refractivity contribution in [2.24, 2.45) is 4.99 Å². The van der Waals surface area contributed by atoms with Crippen molar-refractivity contribution in [1.82, 2.24) is 9.80 Å². The minimum atomic E-state index is -5.03. The van der Waals surface area contributed by atoms with Gasteiger partial charge in [0.25, 0.3) is 5.91 Å². The first-order valence-corrected chi connectivity index (χ1v) is 15.4. The van der Waals surface area contributed by atoms with Crippen molar-refractivity contribution >= 4 is 40.5 Å². The first kappa shape index (κ1) is 34.8. The van der Waals surface area contributed by atoms with Crippen LogP contribution in [0.2, 0.25) is 0 Å². The van der Waals surface area contributed by atoms with Gasteiger partial charge in [-0.25, -0.2) is 0 Å². The molecule has 8 nitrogen and oxygen atoms in total. The van der Waals surface area contributed by atoms with E-state index in [1.165, 1.54) is 31.0 Å². The molecule has 0 aromatic heterocycles. The van der Waals surface area contributed by atoms with E-state index in [1.807, 2.05) is 35.2 Å². The van der Waals surface area contributed by atoms with Crippen molar-refractivity contribution in [3.8, 4) is 11.5 Å². The number of thioether (sulfide) groups is 1. The van der Waals surface area contributed by atoms with E-state index in [-0.39, 0.29) is 30.0 Å². The van der Waals surface area contributed by atoms with Crippen LogP contribution in [0.3, 0.4) is 0 Å². The largest absolute Gasteiger partial charge is 0.493 e. The number of hydrogen-bond acceptors (Lipinski definition) is 7. The molecule has 0 bridgehead atoms. The molecule has 3 aromatic carbocycles. The van der Waals surface area contributed by atoms with E-state index in [0.717, 1.165) is 11.8 Å². The van der Waals surface area contributed by atoms with Gasteiger partial charge in [0.15, 0.2) is 16.7 Å². The number of amidine groups is 1. The molecule has 2 aliphatic rings. The Morgan fingerprint density at radius 3 is 2.29 bits per heavy atom. The lowest BCUT2D eigenvalue weighted by Gasteiger charge is -2.35. The normalized spacial score (nSPS) is 16.7. The maximum absolute atomic E-state index is 13.5. The van der Waals surface area contributed by atoms with E-state index in [2.05, 4.69) is 9.89 Å². The molecule has 5 rings (SSSR count). The van der Waals surface area contributed by atoms with Gasteiger partial charge in [0.05, 0.1) is 29.7 Å². The second-order valence-electron chi connectivity index (χ2n) is 10.9. The van der Waals surface area contributed by atoms with Crippen molar-refractivity contribution in [3.63, 3.8) is 0 Å². The van der Waals surface area contributed by atoms with Gasteiger partial charge in [0.1, 0.15) is 6.61 Å². The first-order valence-electron chi connectivity index (χ1n) is 14.6. The van der Waals surface area contributed by atoms with Crippen LogP contribution in [0.15, 0.2) is 76.6 Å². The minimum absolute atomic E-state index is 0.0277. The lowest BCUT2D eigenvalue weighted by atomic mass is 10.0. The van der Waals surface area contributed by atoms with Crippen LogP contribution in [0.1, 0.15) is 22.3 Å². The summed E-state index contributed by atoms with van der Waals surface area (Å²) in [5.74, 6) is -0.259. The van der Waals surface area contributed by atoms with E-state index in [9.17, 15) is 35.9 Å². The Hall–Kier alpha value is -4.50. The van der Waals surface area contributed by atoms with Crippen molar-refractivity contribution < 1.29 is 45.4 Å². The number of anilines is 1.